The molecule has 17 heavy (non-hydrogen) atoms. The molecule has 0 radical (unpaired) electrons. The summed E-state index contributed by atoms with van der Waals surface area (Å²) in [5, 5.41) is 9.12. The summed E-state index contributed by atoms with van der Waals surface area (Å²) < 4.78 is 60.7. The molecule has 1 rings (SSSR count). The molecule has 0 aliphatic heterocycles. The van der Waals surface area contributed by atoms with Crippen molar-refractivity contribution in [3.05, 3.63) is 41.5 Å². The third-order valence-corrected chi connectivity index (χ3v) is 1.76. The standard InChI is InChI=1S/C10H5F5O2/c11-6-2-1-5(3-7(6)12)8(16)4-9(17)10(13,14)15/h1-4,16H/b8-4-. The van der Waals surface area contributed by atoms with Crippen LogP contribution in [0.5, 0.6) is 0 Å². The Labute approximate surface area is 92.0 Å². The van der Waals surface area contributed by atoms with E-state index in [9.17, 15) is 26.7 Å². The molecule has 0 fully saturated rings. The molecule has 0 aliphatic carbocycles. The number of rotatable bonds is 2. The Kier molecular flexibility index (Phi) is 3.50. The zero-order chi connectivity index (χ0) is 13.2. The summed E-state index contributed by atoms with van der Waals surface area (Å²) in [5.74, 6) is -5.95. The molecule has 0 heterocycles. The van der Waals surface area contributed by atoms with Gasteiger partial charge in [-0.05, 0) is 18.2 Å². The first-order valence-electron chi connectivity index (χ1n) is 4.19. The van der Waals surface area contributed by atoms with Gasteiger partial charge in [-0.1, -0.05) is 0 Å². The number of ketones is 1. The molecule has 0 aliphatic rings. The van der Waals surface area contributed by atoms with E-state index >= 15 is 0 Å². The molecule has 0 amide bonds. The number of benzene rings is 1. The van der Waals surface area contributed by atoms with Gasteiger partial charge in [0.15, 0.2) is 11.6 Å². The van der Waals surface area contributed by atoms with Crippen LogP contribution in [0.3, 0.4) is 0 Å². The number of carbonyl (C=O) groups is 1. The van der Waals surface area contributed by atoms with Gasteiger partial charge in [-0.2, -0.15) is 13.2 Å². The Morgan fingerprint density at radius 1 is 1.18 bits per heavy atom. The molecule has 7 heteroatoms. The zero-order valence-corrected chi connectivity index (χ0v) is 8.05. The summed E-state index contributed by atoms with van der Waals surface area (Å²) in [4.78, 5) is 10.5. The second-order valence-electron chi connectivity index (χ2n) is 3.02. The van der Waals surface area contributed by atoms with Gasteiger partial charge in [0.1, 0.15) is 5.76 Å². The van der Waals surface area contributed by atoms with Gasteiger partial charge >= 0.3 is 6.18 Å². The maximum atomic E-state index is 12.7. The minimum absolute atomic E-state index is 0.104. The molecule has 0 atom stereocenters. The summed E-state index contributed by atoms with van der Waals surface area (Å²) in [6, 6.07) is 1.94. The molecule has 1 aromatic carbocycles. The van der Waals surface area contributed by atoms with E-state index in [1.807, 2.05) is 0 Å². The van der Waals surface area contributed by atoms with Crippen LogP contribution in [-0.4, -0.2) is 17.1 Å². The molecule has 1 N–H and O–H groups in total. The largest absolute Gasteiger partial charge is 0.507 e. The summed E-state index contributed by atoms with van der Waals surface area (Å²) in [6.45, 7) is 0. The first-order valence-corrected chi connectivity index (χ1v) is 4.19. The van der Waals surface area contributed by atoms with Crippen molar-refractivity contribution < 1.29 is 31.9 Å². The lowest BCUT2D eigenvalue weighted by atomic mass is 10.1. The quantitative estimate of drug-likeness (QED) is 0.499. The predicted octanol–water partition coefficient (Wildman–Crippen LogP) is 3.00. The average Bonchev–Trinajstić information content (AvgIpc) is 2.20. The van der Waals surface area contributed by atoms with Gasteiger partial charge in [-0.15, -0.1) is 0 Å². The highest BCUT2D eigenvalue weighted by atomic mass is 19.4. The van der Waals surface area contributed by atoms with Crippen LogP contribution in [-0.2, 0) is 4.79 Å². The molecule has 0 aromatic heterocycles. The van der Waals surface area contributed by atoms with Crippen LogP contribution in [0.2, 0.25) is 0 Å². The van der Waals surface area contributed by atoms with Crippen molar-refractivity contribution in [2.24, 2.45) is 0 Å². The number of allylic oxidation sites excluding steroid dienone is 1. The van der Waals surface area contributed by atoms with Crippen LogP contribution in [0.1, 0.15) is 5.56 Å². The molecular formula is C10H5F5O2. The third kappa shape index (κ3) is 3.27. The molecule has 0 bridgehead atoms. The number of hydrogen-bond donors (Lipinski definition) is 1. The van der Waals surface area contributed by atoms with Gasteiger partial charge in [0.05, 0.1) is 0 Å². The molecule has 0 unspecified atom stereocenters. The Hall–Kier alpha value is -1.92. The van der Waals surface area contributed by atoms with E-state index in [0.717, 1.165) is 6.07 Å². The number of halogens is 5. The lowest BCUT2D eigenvalue weighted by molar-refractivity contribution is -0.165. The number of carbonyl (C=O) groups excluding carboxylic acids is 1. The van der Waals surface area contributed by atoms with E-state index in [-0.39, 0.29) is 6.08 Å². The van der Waals surface area contributed by atoms with Gasteiger partial charge in [-0.25, -0.2) is 8.78 Å². The molecule has 0 saturated carbocycles. The molecule has 92 valence electrons. The van der Waals surface area contributed by atoms with Crippen LogP contribution < -0.4 is 0 Å². The van der Waals surface area contributed by atoms with Gasteiger partial charge in [0.25, 0.3) is 5.78 Å². The lowest BCUT2D eigenvalue weighted by Crippen LogP contribution is -2.20. The highest BCUT2D eigenvalue weighted by Crippen LogP contribution is 2.20. The van der Waals surface area contributed by atoms with Crippen molar-refractivity contribution in [3.8, 4) is 0 Å². The van der Waals surface area contributed by atoms with Crippen molar-refractivity contribution in [1.82, 2.24) is 0 Å². The molecule has 2 nitrogen and oxygen atoms in total. The zero-order valence-electron chi connectivity index (χ0n) is 8.05. The molecule has 0 spiro atoms. The molecule has 0 saturated heterocycles. The van der Waals surface area contributed by atoms with E-state index in [0.29, 0.717) is 12.1 Å². The van der Waals surface area contributed by atoms with Crippen molar-refractivity contribution in [1.29, 1.82) is 0 Å². The fourth-order valence-corrected chi connectivity index (χ4v) is 0.945. The minimum Gasteiger partial charge on any atom is -0.507 e. The maximum absolute atomic E-state index is 12.7. The first-order chi connectivity index (χ1) is 7.71. The number of hydrogen-bond acceptors (Lipinski definition) is 2. The second-order valence-corrected chi connectivity index (χ2v) is 3.02. The van der Waals surface area contributed by atoms with Crippen LogP contribution in [0, 0.1) is 11.6 Å². The smallest absolute Gasteiger partial charge is 0.454 e. The minimum atomic E-state index is -5.13. The fraction of sp³-hybridized carbons (Fsp3) is 0.100. The number of aliphatic hydroxyl groups is 1. The Morgan fingerprint density at radius 2 is 1.76 bits per heavy atom. The SMILES string of the molecule is O=C(/C=C(\O)c1ccc(F)c(F)c1)C(F)(F)F. The Bertz CT molecular complexity index is 476. The third-order valence-electron chi connectivity index (χ3n) is 1.76. The number of alkyl halides is 3. The van der Waals surface area contributed by atoms with Gasteiger partial charge in [0, 0.05) is 11.6 Å². The predicted molar refractivity (Wildman–Crippen MR) is 48.0 cm³/mol. The lowest BCUT2D eigenvalue weighted by Gasteiger charge is -2.03. The number of aliphatic hydroxyl groups excluding tert-OH is 1. The topological polar surface area (TPSA) is 37.3 Å². The van der Waals surface area contributed by atoms with E-state index in [2.05, 4.69) is 0 Å². The van der Waals surface area contributed by atoms with Crippen molar-refractivity contribution in [2.75, 3.05) is 0 Å². The second kappa shape index (κ2) is 4.52. The monoisotopic (exact) mass is 252 g/mol. The summed E-state index contributed by atoms with van der Waals surface area (Å²) in [5.41, 5.74) is -0.429. The normalized spacial score (nSPS) is 12.6. The first kappa shape index (κ1) is 13.1. The Morgan fingerprint density at radius 3 is 2.24 bits per heavy atom. The van der Waals surface area contributed by atoms with Gasteiger partial charge in [0.2, 0.25) is 0 Å². The van der Waals surface area contributed by atoms with E-state index in [1.165, 1.54) is 0 Å². The fourth-order valence-electron chi connectivity index (χ4n) is 0.945. The van der Waals surface area contributed by atoms with Crippen molar-refractivity contribution in [3.63, 3.8) is 0 Å². The Balaban J connectivity index is 3.04. The highest BCUT2D eigenvalue weighted by molar-refractivity contribution is 5.99. The van der Waals surface area contributed by atoms with E-state index in [4.69, 9.17) is 5.11 Å². The van der Waals surface area contributed by atoms with E-state index in [1.54, 1.807) is 0 Å². The molecular weight excluding hydrogens is 247 g/mol. The molecule has 1 aromatic rings. The summed E-state index contributed by atoms with van der Waals surface area (Å²) in [7, 11) is 0. The van der Waals surface area contributed by atoms with Crippen LogP contribution >= 0.6 is 0 Å². The van der Waals surface area contributed by atoms with Crippen molar-refractivity contribution in [2.45, 2.75) is 6.18 Å². The van der Waals surface area contributed by atoms with Crippen molar-refractivity contribution >= 4 is 11.5 Å². The maximum Gasteiger partial charge on any atom is 0.454 e. The van der Waals surface area contributed by atoms with E-state index < -0.39 is 34.9 Å². The van der Waals surface area contributed by atoms with Gasteiger partial charge < -0.3 is 5.11 Å². The van der Waals surface area contributed by atoms with Gasteiger partial charge in [-0.3, -0.25) is 4.79 Å². The summed E-state index contributed by atoms with van der Waals surface area (Å²) >= 11 is 0. The average molecular weight is 252 g/mol. The summed E-state index contributed by atoms with van der Waals surface area (Å²) in [6.07, 6.45) is -5.24. The van der Waals surface area contributed by atoms with Crippen LogP contribution in [0.15, 0.2) is 24.3 Å². The highest BCUT2D eigenvalue weighted by Gasteiger charge is 2.37. The van der Waals surface area contributed by atoms with Crippen LogP contribution in [0.25, 0.3) is 5.76 Å². The van der Waals surface area contributed by atoms with Crippen LogP contribution in [0.4, 0.5) is 22.0 Å².